The Morgan fingerprint density at radius 1 is 1.60 bits per heavy atom. The summed E-state index contributed by atoms with van der Waals surface area (Å²) in [5, 5.41) is 3.62. The predicted octanol–water partition coefficient (Wildman–Crippen LogP) is 2.80. The van der Waals surface area contributed by atoms with E-state index in [1.54, 1.807) is 0 Å². The number of hydrogen-bond acceptors (Lipinski definition) is 2. The van der Waals surface area contributed by atoms with Crippen molar-refractivity contribution in [3.05, 3.63) is 28.8 Å². The van der Waals surface area contributed by atoms with Gasteiger partial charge in [0.05, 0.1) is 10.7 Å². The monoisotopic (exact) mass is 230 g/mol. The van der Waals surface area contributed by atoms with Gasteiger partial charge in [0.1, 0.15) is 5.82 Å². The first kappa shape index (κ1) is 12.4. The Balaban J connectivity index is 2.56. The van der Waals surface area contributed by atoms with Crippen LogP contribution in [0.3, 0.4) is 0 Å². The molecule has 1 aromatic heterocycles. The molecule has 0 fully saturated rings. The summed E-state index contributed by atoms with van der Waals surface area (Å²) in [6.07, 6.45) is 3.14. The highest BCUT2D eigenvalue weighted by Gasteiger charge is 2.08. The third kappa shape index (κ3) is 4.14. The van der Waals surface area contributed by atoms with Gasteiger partial charge >= 0.3 is 0 Å². The standard InChI is InChI=1S/C11H16ClFN2/c1-3-4-14-8(2)5-11-10(13)6-9(12)7-15-11/h6-8,14H,3-5H2,1-2H3. The third-order valence-electron chi connectivity index (χ3n) is 2.13. The molecule has 0 bridgehead atoms. The van der Waals surface area contributed by atoms with Gasteiger partial charge in [-0.15, -0.1) is 0 Å². The van der Waals surface area contributed by atoms with E-state index in [0.717, 1.165) is 13.0 Å². The van der Waals surface area contributed by atoms with Crippen molar-refractivity contribution in [3.8, 4) is 0 Å². The van der Waals surface area contributed by atoms with Crippen LogP contribution in [-0.4, -0.2) is 17.6 Å². The molecule has 84 valence electrons. The number of aromatic nitrogens is 1. The molecule has 1 unspecified atom stereocenters. The minimum Gasteiger partial charge on any atom is -0.314 e. The molecule has 15 heavy (non-hydrogen) atoms. The largest absolute Gasteiger partial charge is 0.314 e. The maximum atomic E-state index is 13.4. The smallest absolute Gasteiger partial charge is 0.146 e. The zero-order chi connectivity index (χ0) is 11.3. The highest BCUT2D eigenvalue weighted by Crippen LogP contribution is 2.12. The van der Waals surface area contributed by atoms with Gasteiger partial charge in [-0.05, 0) is 26.0 Å². The number of rotatable bonds is 5. The first-order valence-corrected chi connectivity index (χ1v) is 5.54. The van der Waals surface area contributed by atoms with Crippen molar-refractivity contribution in [2.24, 2.45) is 0 Å². The van der Waals surface area contributed by atoms with Crippen LogP contribution in [0.5, 0.6) is 0 Å². The van der Waals surface area contributed by atoms with Crippen molar-refractivity contribution in [1.82, 2.24) is 10.3 Å². The zero-order valence-electron chi connectivity index (χ0n) is 9.06. The fourth-order valence-electron chi connectivity index (χ4n) is 1.35. The van der Waals surface area contributed by atoms with E-state index in [4.69, 9.17) is 11.6 Å². The van der Waals surface area contributed by atoms with Crippen molar-refractivity contribution in [3.63, 3.8) is 0 Å². The Morgan fingerprint density at radius 2 is 2.33 bits per heavy atom. The molecule has 2 nitrogen and oxygen atoms in total. The molecule has 0 amide bonds. The van der Waals surface area contributed by atoms with Crippen LogP contribution in [0.15, 0.2) is 12.3 Å². The first-order chi connectivity index (χ1) is 7.13. The van der Waals surface area contributed by atoms with Crippen molar-refractivity contribution in [1.29, 1.82) is 0 Å². The summed E-state index contributed by atoms with van der Waals surface area (Å²) in [6.45, 7) is 5.06. The molecular weight excluding hydrogens is 215 g/mol. The average Bonchev–Trinajstić information content (AvgIpc) is 2.19. The second-order valence-corrected chi connectivity index (χ2v) is 4.08. The molecule has 0 aliphatic heterocycles. The van der Waals surface area contributed by atoms with E-state index in [0.29, 0.717) is 17.1 Å². The molecule has 1 heterocycles. The van der Waals surface area contributed by atoms with Gasteiger partial charge in [-0.25, -0.2) is 4.39 Å². The van der Waals surface area contributed by atoms with E-state index in [-0.39, 0.29) is 11.9 Å². The fraction of sp³-hybridized carbons (Fsp3) is 0.545. The average molecular weight is 231 g/mol. The second-order valence-electron chi connectivity index (χ2n) is 3.64. The highest BCUT2D eigenvalue weighted by molar-refractivity contribution is 6.30. The van der Waals surface area contributed by atoms with Gasteiger partial charge in [0.2, 0.25) is 0 Å². The third-order valence-corrected chi connectivity index (χ3v) is 2.33. The van der Waals surface area contributed by atoms with Crippen LogP contribution < -0.4 is 5.32 Å². The summed E-state index contributed by atoms with van der Waals surface area (Å²) in [7, 11) is 0. The molecule has 0 aliphatic carbocycles. The topological polar surface area (TPSA) is 24.9 Å². The Hall–Kier alpha value is -0.670. The van der Waals surface area contributed by atoms with Crippen LogP contribution in [-0.2, 0) is 6.42 Å². The van der Waals surface area contributed by atoms with Crippen molar-refractivity contribution < 1.29 is 4.39 Å². The molecule has 0 radical (unpaired) electrons. The lowest BCUT2D eigenvalue weighted by Crippen LogP contribution is -2.29. The molecule has 1 N–H and O–H groups in total. The molecule has 0 spiro atoms. The lowest BCUT2D eigenvalue weighted by Gasteiger charge is -2.12. The summed E-state index contributed by atoms with van der Waals surface area (Å²) in [4.78, 5) is 3.98. The van der Waals surface area contributed by atoms with E-state index in [9.17, 15) is 4.39 Å². The van der Waals surface area contributed by atoms with Gasteiger partial charge in [0, 0.05) is 18.7 Å². The molecular formula is C11H16ClFN2. The van der Waals surface area contributed by atoms with E-state index in [2.05, 4.69) is 17.2 Å². The summed E-state index contributed by atoms with van der Waals surface area (Å²) < 4.78 is 13.4. The molecule has 0 aromatic carbocycles. The van der Waals surface area contributed by atoms with Gasteiger partial charge in [0.25, 0.3) is 0 Å². The van der Waals surface area contributed by atoms with E-state index >= 15 is 0 Å². The van der Waals surface area contributed by atoms with Gasteiger partial charge in [-0.3, -0.25) is 4.98 Å². The van der Waals surface area contributed by atoms with Crippen molar-refractivity contribution in [2.75, 3.05) is 6.54 Å². The fourth-order valence-corrected chi connectivity index (χ4v) is 1.49. The van der Waals surface area contributed by atoms with Gasteiger partial charge in [0.15, 0.2) is 0 Å². The summed E-state index contributed by atoms with van der Waals surface area (Å²) in [5.41, 5.74) is 0.468. The van der Waals surface area contributed by atoms with Crippen LogP contribution >= 0.6 is 11.6 Å². The van der Waals surface area contributed by atoms with Crippen LogP contribution in [0.4, 0.5) is 4.39 Å². The molecule has 1 aromatic rings. The highest BCUT2D eigenvalue weighted by atomic mass is 35.5. The first-order valence-electron chi connectivity index (χ1n) is 5.16. The Morgan fingerprint density at radius 3 is 2.93 bits per heavy atom. The summed E-state index contributed by atoms with van der Waals surface area (Å²) in [5.74, 6) is -0.326. The predicted molar refractivity (Wildman–Crippen MR) is 60.7 cm³/mol. The molecule has 0 saturated heterocycles. The maximum Gasteiger partial charge on any atom is 0.146 e. The quantitative estimate of drug-likeness (QED) is 0.842. The number of pyridine rings is 1. The molecule has 1 rings (SSSR count). The Labute approximate surface area is 94.9 Å². The number of nitrogens with one attached hydrogen (secondary N) is 1. The van der Waals surface area contributed by atoms with E-state index in [1.807, 2.05) is 6.92 Å². The minimum absolute atomic E-state index is 0.230. The number of halogens is 2. The lowest BCUT2D eigenvalue weighted by atomic mass is 10.1. The lowest BCUT2D eigenvalue weighted by molar-refractivity contribution is 0.516. The van der Waals surface area contributed by atoms with Crippen LogP contribution in [0, 0.1) is 5.82 Å². The molecule has 0 saturated carbocycles. The van der Waals surface area contributed by atoms with E-state index in [1.165, 1.54) is 12.3 Å². The zero-order valence-corrected chi connectivity index (χ0v) is 9.81. The molecule has 0 aliphatic rings. The van der Waals surface area contributed by atoms with E-state index < -0.39 is 0 Å². The van der Waals surface area contributed by atoms with Crippen LogP contribution in [0.2, 0.25) is 5.02 Å². The SMILES string of the molecule is CCCNC(C)Cc1ncc(Cl)cc1F. The maximum absolute atomic E-state index is 13.4. The van der Waals surface area contributed by atoms with Crippen LogP contribution in [0.25, 0.3) is 0 Å². The second kappa shape index (κ2) is 6.03. The van der Waals surface area contributed by atoms with Crippen molar-refractivity contribution in [2.45, 2.75) is 32.7 Å². The Bertz CT molecular complexity index is 317. The normalized spacial score (nSPS) is 12.8. The van der Waals surface area contributed by atoms with Gasteiger partial charge in [-0.1, -0.05) is 18.5 Å². The molecule has 1 atom stereocenters. The van der Waals surface area contributed by atoms with Crippen molar-refractivity contribution >= 4 is 11.6 Å². The number of nitrogens with zero attached hydrogens (tertiary/aromatic N) is 1. The number of hydrogen-bond donors (Lipinski definition) is 1. The summed E-state index contributed by atoms with van der Waals surface area (Å²) >= 11 is 5.62. The van der Waals surface area contributed by atoms with Crippen LogP contribution in [0.1, 0.15) is 26.0 Å². The van der Waals surface area contributed by atoms with Gasteiger partial charge < -0.3 is 5.32 Å². The Kier molecular flexibility index (Phi) is 4.99. The van der Waals surface area contributed by atoms with Gasteiger partial charge in [-0.2, -0.15) is 0 Å². The summed E-state index contributed by atoms with van der Waals surface area (Å²) in [6, 6.07) is 1.53. The minimum atomic E-state index is -0.326. The molecule has 4 heteroatoms.